The summed E-state index contributed by atoms with van der Waals surface area (Å²) < 4.78 is 18.4. The third kappa shape index (κ3) is 5.30. The van der Waals surface area contributed by atoms with Gasteiger partial charge in [-0.1, -0.05) is 12.1 Å². The topological polar surface area (TPSA) is 100 Å². The number of nitrogens with one attached hydrogen (secondary N) is 2. The number of carbonyl (C=O) groups is 2. The fourth-order valence-electron chi connectivity index (χ4n) is 2.04. The molecule has 26 heavy (non-hydrogen) atoms. The Morgan fingerprint density at radius 2 is 2.04 bits per heavy atom. The molecule has 0 bridgehead atoms. The zero-order chi connectivity index (χ0) is 18.9. The summed E-state index contributed by atoms with van der Waals surface area (Å²) in [6, 6.07) is 10.2. The number of methoxy groups -OCH3 is 1. The van der Waals surface area contributed by atoms with Crippen LogP contribution in [0, 0.1) is 5.82 Å². The first-order valence-electron chi connectivity index (χ1n) is 7.73. The van der Waals surface area contributed by atoms with Crippen LogP contribution in [0.25, 0.3) is 0 Å². The number of benzene rings is 2. The van der Waals surface area contributed by atoms with Gasteiger partial charge in [-0.25, -0.2) is 9.82 Å². The lowest BCUT2D eigenvalue weighted by Gasteiger charge is -2.05. The minimum Gasteiger partial charge on any atom is -0.504 e. The van der Waals surface area contributed by atoms with Gasteiger partial charge in [0.05, 0.1) is 18.9 Å². The Hall–Kier alpha value is -3.42. The van der Waals surface area contributed by atoms with E-state index in [1.165, 1.54) is 37.6 Å². The van der Waals surface area contributed by atoms with E-state index in [9.17, 15) is 19.1 Å². The fraction of sp³-hybridized carbons (Fsp3) is 0.167. The average Bonchev–Trinajstić information content (AvgIpc) is 2.63. The van der Waals surface area contributed by atoms with E-state index in [1.807, 2.05) is 0 Å². The quantitative estimate of drug-likeness (QED) is 0.518. The van der Waals surface area contributed by atoms with Crippen molar-refractivity contribution >= 4 is 18.0 Å². The number of ether oxygens (including phenoxy) is 1. The maximum atomic E-state index is 13.4. The number of hydrazone groups is 1. The lowest BCUT2D eigenvalue weighted by molar-refractivity contribution is -0.120. The highest BCUT2D eigenvalue weighted by molar-refractivity contribution is 5.94. The maximum absolute atomic E-state index is 13.4. The van der Waals surface area contributed by atoms with E-state index in [-0.39, 0.29) is 30.0 Å². The van der Waals surface area contributed by atoms with E-state index in [0.717, 1.165) is 0 Å². The molecule has 0 radical (unpaired) electrons. The second-order valence-electron chi connectivity index (χ2n) is 5.21. The van der Waals surface area contributed by atoms with Crippen LogP contribution in [0.4, 0.5) is 4.39 Å². The van der Waals surface area contributed by atoms with Crippen molar-refractivity contribution in [2.75, 3.05) is 13.7 Å². The van der Waals surface area contributed by atoms with Crippen LogP contribution in [-0.2, 0) is 4.79 Å². The highest BCUT2D eigenvalue weighted by Gasteiger charge is 2.10. The molecule has 0 heterocycles. The van der Waals surface area contributed by atoms with Gasteiger partial charge < -0.3 is 15.2 Å². The Morgan fingerprint density at radius 3 is 2.77 bits per heavy atom. The first-order valence-corrected chi connectivity index (χ1v) is 7.73. The van der Waals surface area contributed by atoms with Crippen molar-refractivity contribution in [2.24, 2.45) is 5.10 Å². The highest BCUT2D eigenvalue weighted by Crippen LogP contribution is 2.25. The fourth-order valence-corrected chi connectivity index (χ4v) is 2.04. The molecule has 3 N–H and O–H groups in total. The third-order valence-electron chi connectivity index (χ3n) is 3.36. The Bertz CT molecular complexity index is 824. The molecule has 0 aromatic heterocycles. The molecule has 0 spiro atoms. The molecule has 0 saturated heterocycles. The van der Waals surface area contributed by atoms with Gasteiger partial charge in [-0.2, -0.15) is 5.10 Å². The Labute approximate surface area is 149 Å². The second kappa shape index (κ2) is 9.16. The summed E-state index contributed by atoms with van der Waals surface area (Å²) >= 11 is 0. The summed E-state index contributed by atoms with van der Waals surface area (Å²) in [7, 11) is 1.42. The van der Waals surface area contributed by atoms with E-state index in [0.29, 0.717) is 5.56 Å². The number of rotatable bonds is 7. The van der Waals surface area contributed by atoms with Crippen LogP contribution in [-0.4, -0.2) is 36.8 Å². The molecule has 0 saturated carbocycles. The summed E-state index contributed by atoms with van der Waals surface area (Å²) in [5.74, 6) is -1.34. The van der Waals surface area contributed by atoms with Gasteiger partial charge in [-0.05, 0) is 35.9 Å². The standard InChI is InChI=1S/C18H18FN3O4/c1-26-16-10-12(6-7-15(16)23)11-21-22-17(24)8-9-20-18(25)13-4-2-3-5-14(13)19/h2-7,10-11,23H,8-9H2,1H3,(H,20,25)(H,22,24)/b21-11+. The number of aromatic hydroxyl groups is 1. The third-order valence-corrected chi connectivity index (χ3v) is 3.36. The Morgan fingerprint density at radius 1 is 1.27 bits per heavy atom. The zero-order valence-corrected chi connectivity index (χ0v) is 14.0. The second-order valence-corrected chi connectivity index (χ2v) is 5.21. The lowest BCUT2D eigenvalue weighted by atomic mass is 10.2. The van der Waals surface area contributed by atoms with Crippen molar-refractivity contribution in [1.29, 1.82) is 0 Å². The number of hydrogen-bond donors (Lipinski definition) is 3. The molecule has 0 aliphatic heterocycles. The van der Waals surface area contributed by atoms with Crippen LogP contribution in [0.5, 0.6) is 11.5 Å². The molecule has 8 heteroatoms. The smallest absolute Gasteiger partial charge is 0.254 e. The number of nitrogens with zero attached hydrogens (tertiary/aromatic N) is 1. The summed E-state index contributed by atoms with van der Waals surface area (Å²) in [5, 5.41) is 15.7. The largest absolute Gasteiger partial charge is 0.504 e. The van der Waals surface area contributed by atoms with Gasteiger partial charge in [0.1, 0.15) is 5.82 Å². The number of phenolic OH excluding ortho intramolecular Hbond substituents is 1. The molecule has 2 aromatic carbocycles. The predicted molar refractivity (Wildman–Crippen MR) is 93.7 cm³/mol. The van der Waals surface area contributed by atoms with Crippen molar-refractivity contribution < 1.29 is 23.8 Å². The van der Waals surface area contributed by atoms with Gasteiger partial charge in [-0.3, -0.25) is 9.59 Å². The molecule has 7 nitrogen and oxygen atoms in total. The SMILES string of the molecule is COc1cc(/C=N/NC(=O)CCNC(=O)c2ccccc2F)ccc1O. The van der Waals surface area contributed by atoms with Crippen LogP contribution >= 0.6 is 0 Å². The normalized spacial score (nSPS) is 10.5. The van der Waals surface area contributed by atoms with Gasteiger partial charge in [-0.15, -0.1) is 0 Å². The molecule has 0 unspecified atom stereocenters. The van der Waals surface area contributed by atoms with Crippen LogP contribution in [0.1, 0.15) is 22.3 Å². The molecule has 2 amide bonds. The number of amides is 2. The maximum Gasteiger partial charge on any atom is 0.254 e. The van der Waals surface area contributed by atoms with Crippen LogP contribution in [0.2, 0.25) is 0 Å². The monoisotopic (exact) mass is 359 g/mol. The van der Waals surface area contributed by atoms with Gasteiger partial charge in [0.15, 0.2) is 11.5 Å². The number of carbonyl (C=O) groups excluding carboxylic acids is 2. The first kappa shape index (κ1) is 18.9. The molecule has 0 aliphatic rings. The van der Waals surface area contributed by atoms with E-state index in [4.69, 9.17) is 4.74 Å². The molecule has 0 aliphatic carbocycles. The van der Waals surface area contributed by atoms with E-state index < -0.39 is 17.6 Å². The zero-order valence-electron chi connectivity index (χ0n) is 14.0. The number of hydrogen-bond acceptors (Lipinski definition) is 5. The first-order chi connectivity index (χ1) is 12.5. The minimum atomic E-state index is -0.622. The van der Waals surface area contributed by atoms with E-state index in [1.54, 1.807) is 18.2 Å². The molecule has 0 fully saturated rings. The van der Waals surface area contributed by atoms with Gasteiger partial charge in [0, 0.05) is 13.0 Å². The Balaban J connectivity index is 1.77. The van der Waals surface area contributed by atoms with Gasteiger partial charge in [0.2, 0.25) is 5.91 Å². The van der Waals surface area contributed by atoms with Crippen molar-refractivity contribution in [3.8, 4) is 11.5 Å². The van der Waals surface area contributed by atoms with E-state index >= 15 is 0 Å². The highest BCUT2D eigenvalue weighted by atomic mass is 19.1. The Kier molecular flexibility index (Phi) is 6.67. The summed E-state index contributed by atoms with van der Waals surface area (Å²) in [4.78, 5) is 23.5. The van der Waals surface area contributed by atoms with Crippen molar-refractivity contribution in [1.82, 2.24) is 10.7 Å². The average molecular weight is 359 g/mol. The van der Waals surface area contributed by atoms with Crippen LogP contribution in [0.15, 0.2) is 47.6 Å². The molecule has 136 valence electrons. The van der Waals surface area contributed by atoms with Crippen LogP contribution < -0.4 is 15.5 Å². The van der Waals surface area contributed by atoms with E-state index in [2.05, 4.69) is 15.8 Å². The molecule has 2 rings (SSSR count). The lowest BCUT2D eigenvalue weighted by Crippen LogP contribution is -2.29. The van der Waals surface area contributed by atoms with Gasteiger partial charge in [0.25, 0.3) is 5.91 Å². The minimum absolute atomic E-state index is 0.000667. The summed E-state index contributed by atoms with van der Waals surface area (Å²) in [6.07, 6.45) is 1.37. The van der Waals surface area contributed by atoms with Crippen molar-refractivity contribution in [3.05, 3.63) is 59.4 Å². The predicted octanol–water partition coefficient (Wildman–Crippen LogP) is 1.81. The number of phenols is 1. The number of halogens is 1. The molecular weight excluding hydrogens is 341 g/mol. The van der Waals surface area contributed by atoms with Gasteiger partial charge >= 0.3 is 0 Å². The summed E-state index contributed by atoms with van der Waals surface area (Å²) in [5.41, 5.74) is 2.85. The van der Waals surface area contributed by atoms with Crippen molar-refractivity contribution in [3.63, 3.8) is 0 Å². The molecule has 2 aromatic rings. The molecule has 0 atom stereocenters. The van der Waals surface area contributed by atoms with Crippen molar-refractivity contribution in [2.45, 2.75) is 6.42 Å². The molecular formula is C18H18FN3O4. The summed E-state index contributed by atoms with van der Waals surface area (Å²) in [6.45, 7) is 0.0432. The van der Waals surface area contributed by atoms with Crippen LogP contribution in [0.3, 0.4) is 0 Å².